The van der Waals surface area contributed by atoms with Gasteiger partial charge in [-0.3, -0.25) is 9.69 Å². The number of carbonyl (C=O) groups is 1. The van der Waals surface area contributed by atoms with Crippen molar-refractivity contribution in [3.63, 3.8) is 0 Å². The summed E-state index contributed by atoms with van der Waals surface area (Å²) in [6.07, 6.45) is 0. The number of carbonyl (C=O) groups excluding carboxylic acids is 1. The molecule has 0 atom stereocenters. The number of anilines is 1. The van der Waals surface area contributed by atoms with Gasteiger partial charge in [0.1, 0.15) is 0 Å². The second-order valence-corrected chi connectivity index (χ2v) is 9.59. The first-order chi connectivity index (χ1) is 13.0. The maximum Gasteiger partial charge on any atom is 0.260 e. The summed E-state index contributed by atoms with van der Waals surface area (Å²) < 4.78 is 2.08. The molecule has 0 saturated carbocycles. The molecular weight excluding hydrogens is 442 g/mol. The van der Waals surface area contributed by atoms with Crippen LogP contribution in [0.3, 0.4) is 0 Å². The van der Waals surface area contributed by atoms with Crippen LogP contribution in [-0.2, 0) is 0 Å². The average Bonchev–Trinajstić information content (AvgIpc) is 3.05. The van der Waals surface area contributed by atoms with Gasteiger partial charge in [0.05, 0.1) is 10.2 Å². The molecule has 27 heavy (non-hydrogen) atoms. The summed E-state index contributed by atoms with van der Waals surface area (Å²) in [6, 6.07) is 13.8. The van der Waals surface area contributed by atoms with Crippen LogP contribution < -0.4 is 4.90 Å². The highest BCUT2D eigenvalue weighted by molar-refractivity contribution is 9.10. The smallest absolute Gasteiger partial charge is 0.260 e. The van der Waals surface area contributed by atoms with Gasteiger partial charge in [-0.2, -0.15) is 0 Å². The lowest BCUT2D eigenvalue weighted by Crippen LogP contribution is -2.36. The lowest BCUT2D eigenvalue weighted by atomic mass is 10.2. The van der Waals surface area contributed by atoms with Crippen molar-refractivity contribution in [2.45, 2.75) is 11.8 Å². The monoisotopic (exact) mass is 463 g/mol. The Morgan fingerprint density at radius 3 is 2.56 bits per heavy atom. The zero-order chi connectivity index (χ0) is 19.4. The SMILES string of the molecule is CCSc1ccc(C(=O)N(CCN(C)C)c2nc3ccc(Br)cc3s2)cc1. The molecule has 1 heterocycles. The lowest BCUT2D eigenvalue weighted by molar-refractivity contribution is 0.0985. The third-order valence-corrected chi connectivity index (χ3v) is 6.43. The van der Waals surface area contributed by atoms with E-state index in [0.717, 1.165) is 32.1 Å². The summed E-state index contributed by atoms with van der Waals surface area (Å²) in [6.45, 7) is 3.49. The molecule has 7 heteroatoms. The van der Waals surface area contributed by atoms with Crippen molar-refractivity contribution in [2.75, 3.05) is 37.8 Å². The van der Waals surface area contributed by atoms with Gasteiger partial charge in [-0.25, -0.2) is 4.98 Å². The number of thiazole rings is 1. The predicted molar refractivity (Wildman–Crippen MR) is 120 cm³/mol. The summed E-state index contributed by atoms with van der Waals surface area (Å²) in [5, 5.41) is 0.738. The van der Waals surface area contributed by atoms with Crippen molar-refractivity contribution < 1.29 is 4.79 Å². The number of amides is 1. The van der Waals surface area contributed by atoms with Crippen molar-refractivity contribution >= 4 is 60.3 Å². The molecule has 1 aromatic heterocycles. The fourth-order valence-electron chi connectivity index (χ4n) is 2.60. The van der Waals surface area contributed by atoms with E-state index in [1.165, 1.54) is 4.90 Å². The summed E-state index contributed by atoms with van der Waals surface area (Å²) >= 11 is 6.82. The van der Waals surface area contributed by atoms with Gasteiger partial charge in [0.25, 0.3) is 5.91 Å². The predicted octanol–water partition coefficient (Wildman–Crippen LogP) is 5.38. The maximum atomic E-state index is 13.2. The first-order valence-electron chi connectivity index (χ1n) is 8.73. The Kier molecular flexibility index (Phi) is 6.92. The molecule has 0 bridgehead atoms. The van der Waals surface area contributed by atoms with Crippen LogP contribution in [0.15, 0.2) is 51.8 Å². The van der Waals surface area contributed by atoms with Crippen molar-refractivity contribution in [1.29, 1.82) is 0 Å². The minimum Gasteiger partial charge on any atom is -0.308 e. The summed E-state index contributed by atoms with van der Waals surface area (Å²) in [4.78, 5) is 23.0. The number of fused-ring (bicyclic) bond motifs is 1. The van der Waals surface area contributed by atoms with Crippen molar-refractivity contribution in [2.24, 2.45) is 0 Å². The van der Waals surface area contributed by atoms with Gasteiger partial charge in [0.2, 0.25) is 0 Å². The fraction of sp³-hybridized carbons (Fsp3) is 0.300. The molecular formula is C20H22BrN3OS2. The number of likely N-dealkylation sites (N-methyl/N-ethyl adjacent to an activating group) is 1. The molecule has 2 aromatic carbocycles. The Morgan fingerprint density at radius 2 is 1.89 bits per heavy atom. The molecule has 3 rings (SSSR count). The highest BCUT2D eigenvalue weighted by atomic mass is 79.9. The molecule has 0 aliphatic carbocycles. The second kappa shape index (κ2) is 9.19. The zero-order valence-electron chi connectivity index (χ0n) is 15.6. The average molecular weight is 464 g/mol. The summed E-state index contributed by atoms with van der Waals surface area (Å²) in [7, 11) is 4.02. The van der Waals surface area contributed by atoms with E-state index < -0.39 is 0 Å². The van der Waals surface area contributed by atoms with Crippen LogP contribution in [0, 0.1) is 0 Å². The highest BCUT2D eigenvalue weighted by Gasteiger charge is 2.21. The standard InChI is InChI=1S/C20H22BrN3OS2/c1-4-26-16-8-5-14(6-9-16)19(25)24(12-11-23(2)3)20-22-17-10-7-15(21)13-18(17)27-20/h5-10,13H,4,11-12H2,1-3H3. The number of hydrogen-bond acceptors (Lipinski definition) is 5. The number of halogens is 1. The molecule has 0 fully saturated rings. The Labute approximate surface area is 176 Å². The van der Waals surface area contributed by atoms with E-state index in [-0.39, 0.29) is 5.91 Å². The van der Waals surface area contributed by atoms with E-state index in [1.54, 1.807) is 28.0 Å². The summed E-state index contributed by atoms with van der Waals surface area (Å²) in [5.74, 6) is 1.01. The molecule has 142 valence electrons. The van der Waals surface area contributed by atoms with Crippen LogP contribution >= 0.6 is 39.0 Å². The Hall–Kier alpha value is -1.41. The third kappa shape index (κ3) is 5.10. The van der Waals surface area contributed by atoms with Crippen LogP contribution in [-0.4, -0.2) is 48.7 Å². The van der Waals surface area contributed by atoms with E-state index in [2.05, 4.69) is 27.8 Å². The van der Waals surface area contributed by atoms with Crippen LogP contribution in [0.2, 0.25) is 0 Å². The topological polar surface area (TPSA) is 36.4 Å². The molecule has 0 aliphatic rings. The molecule has 0 radical (unpaired) electrons. The molecule has 1 amide bonds. The highest BCUT2D eigenvalue weighted by Crippen LogP contribution is 2.31. The maximum absolute atomic E-state index is 13.2. The summed E-state index contributed by atoms with van der Waals surface area (Å²) in [5.41, 5.74) is 1.60. The Balaban J connectivity index is 1.92. The van der Waals surface area contributed by atoms with Gasteiger partial charge >= 0.3 is 0 Å². The van der Waals surface area contributed by atoms with Crippen molar-refractivity contribution in [3.8, 4) is 0 Å². The van der Waals surface area contributed by atoms with Crippen LogP contribution in [0.25, 0.3) is 10.2 Å². The molecule has 4 nitrogen and oxygen atoms in total. The zero-order valence-corrected chi connectivity index (χ0v) is 18.8. The minimum absolute atomic E-state index is 0.0111. The van der Waals surface area contributed by atoms with Crippen LogP contribution in [0.4, 0.5) is 5.13 Å². The quantitative estimate of drug-likeness (QED) is 0.440. The largest absolute Gasteiger partial charge is 0.308 e. The van der Waals surface area contributed by atoms with Gasteiger partial charge < -0.3 is 4.90 Å². The first kappa shape index (κ1) is 20.3. The van der Waals surface area contributed by atoms with E-state index in [1.807, 2.05) is 56.6 Å². The molecule has 3 aromatic rings. The number of rotatable bonds is 7. The van der Waals surface area contributed by atoms with Crippen LogP contribution in [0.5, 0.6) is 0 Å². The molecule has 0 N–H and O–H groups in total. The normalized spacial score (nSPS) is 11.3. The molecule has 0 saturated heterocycles. The second-order valence-electron chi connectivity index (χ2n) is 6.33. The van der Waals surface area contributed by atoms with Gasteiger partial charge in [0, 0.05) is 28.0 Å². The molecule has 0 spiro atoms. The number of aromatic nitrogens is 1. The van der Waals surface area contributed by atoms with Gasteiger partial charge in [0.15, 0.2) is 5.13 Å². The van der Waals surface area contributed by atoms with E-state index in [4.69, 9.17) is 4.98 Å². The van der Waals surface area contributed by atoms with Gasteiger partial charge in [-0.1, -0.05) is 34.2 Å². The Bertz CT molecular complexity index is 925. The number of thioether (sulfide) groups is 1. The van der Waals surface area contributed by atoms with Crippen LogP contribution in [0.1, 0.15) is 17.3 Å². The molecule has 0 unspecified atom stereocenters. The van der Waals surface area contributed by atoms with E-state index in [9.17, 15) is 4.79 Å². The Morgan fingerprint density at radius 1 is 1.15 bits per heavy atom. The lowest BCUT2D eigenvalue weighted by Gasteiger charge is -2.22. The number of benzene rings is 2. The van der Waals surface area contributed by atoms with Crippen molar-refractivity contribution in [3.05, 3.63) is 52.5 Å². The third-order valence-electron chi connectivity index (χ3n) is 4.00. The van der Waals surface area contributed by atoms with E-state index in [0.29, 0.717) is 12.1 Å². The van der Waals surface area contributed by atoms with Crippen molar-refractivity contribution in [1.82, 2.24) is 9.88 Å². The first-order valence-corrected chi connectivity index (χ1v) is 11.3. The fourth-order valence-corrected chi connectivity index (χ4v) is 4.81. The van der Waals surface area contributed by atoms with Gasteiger partial charge in [-0.05, 0) is 62.3 Å². The molecule has 0 aliphatic heterocycles. The minimum atomic E-state index is -0.0111. The van der Waals surface area contributed by atoms with Gasteiger partial charge in [-0.15, -0.1) is 11.8 Å². The number of nitrogens with zero attached hydrogens (tertiary/aromatic N) is 3. The number of hydrogen-bond donors (Lipinski definition) is 0. The van der Waals surface area contributed by atoms with E-state index >= 15 is 0 Å².